The minimum atomic E-state index is -0.925. The van der Waals surface area contributed by atoms with E-state index in [1.165, 1.54) is 0 Å². The highest BCUT2D eigenvalue weighted by Gasteiger charge is 2.36. The molecule has 1 aromatic carbocycles. The van der Waals surface area contributed by atoms with Crippen molar-refractivity contribution in [1.29, 1.82) is 0 Å². The summed E-state index contributed by atoms with van der Waals surface area (Å²) in [5.41, 5.74) is 0.130. The van der Waals surface area contributed by atoms with Crippen LogP contribution >= 0.6 is 11.6 Å². The van der Waals surface area contributed by atoms with Crippen molar-refractivity contribution in [3.8, 4) is 5.75 Å². The van der Waals surface area contributed by atoms with Crippen molar-refractivity contribution in [2.24, 2.45) is 0 Å². The van der Waals surface area contributed by atoms with E-state index in [0.717, 1.165) is 38.3 Å². The summed E-state index contributed by atoms with van der Waals surface area (Å²) in [7, 11) is 0. The number of aryl methyl sites for hydroxylation is 1. The highest BCUT2D eigenvalue weighted by atomic mass is 35.5. The fourth-order valence-corrected chi connectivity index (χ4v) is 2.81. The first-order valence-electron chi connectivity index (χ1n) is 7.80. The normalized spacial score (nSPS) is 16.7. The molecule has 0 unspecified atom stereocenters. The van der Waals surface area contributed by atoms with E-state index in [-0.39, 0.29) is 5.91 Å². The maximum atomic E-state index is 12.8. The van der Waals surface area contributed by atoms with Gasteiger partial charge in [0.05, 0.1) is 5.02 Å². The molecule has 2 rings (SSSR count). The summed E-state index contributed by atoms with van der Waals surface area (Å²) in [5, 5.41) is 0.530. The molecule has 0 aliphatic carbocycles. The minimum absolute atomic E-state index is 0.0147. The summed E-state index contributed by atoms with van der Waals surface area (Å²) in [4.78, 5) is 17.0. The molecule has 0 saturated carbocycles. The van der Waals surface area contributed by atoms with Gasteiger partial charge in [0.2, 0.25) is 0 Å². The second-order valence-corrected chi connectivity index (χ2v) is 6.68. The highest BCUT2D eigenvalue weighted by molar-refractivity contribution is 6.32. The maximum Gasteiger partial charge on any atom is 0.266 e. The van der Waals surface area contributed by atoms with Crippen LogP contribution in [0.1, 0.15) is 26.3 Å². The molecular formula is C17H25ClN2O2. The largest absolute Gasteiger partial charge is 0.476 e. The Morgan fingerprint density at radius 1 is 1.27 bits per heavy atom. The van der Waals surface area contributed by atoms with Crippen LogP contribution in [0.4, 0.5) is 0 Å². The lowest BCUT2D eigenvalue weighted by molar-refractivity contribution is -0.147. The fourth-order valence-electron chi connectivity index (χ4n) is 2.66. The van der Waals surface area contributed by atoms with Gasteiger partial charge in [-0.3, -0.25) is 4.79 Å². The van der Waals surface area contributed by atoms with E-state index in [0.29, 0.717) is 10.8 Å². The lowest BCUT2D eigenvalue weighted by atomic mass is 10.1. The Hall–Kier alpha value is -1.26. The first-order valence-corrected chi connectivity index (χ1v) is 8.18. The third kappa shape index (κ3) is 3.93. The quantitative estimate of drug-likeness (QED) is 0.853. The standard InChI is InChI=1S/C17H25ClN2O2/c1-5-19-8-10-20(11-9-19)16(21)17(3,4)22-15-12-13(2)6-7-14(15)18/h6-7,12H,5,8-11H2,1-4H3. The number of ether oxygens (including phenoxy) is 1. The average molecular weight is 325 g/mol. The van der Waals surface area contributed by atoms with Gasteiger partial charge in [0.15, 0.2) is 5.60 Å². The van der Waals surface area contributed by atoms with Crippen LogP contribution in [0.5, 0.6) is 5.75 Å². The molecular weight excluding hydrogens is 300 g/mol. The third-order valence-corrected chi connectivity index (χ3v) is 4.39. The number of halogens is 1. The average Bonchev–Trinajstić information content (AvgIpc) is 2.50. The topological polar surface area (TPSA) is 32.8 Å². The second kappa shape index (κ2) is 6.88. The molecule has 0 N–H and O–H groups in total. The summed E-state index contributed by atoms with van der Waals surface area (Å²) >= 11 is 6.17. The van der Waals surface area contributed by atoms with Gasteiger partial charge >= 0.3 is 0 Å². The molecule has 22 heavy (non-hydrogen) atoms. The number of likely N-dealkylation sites (N-methyl/N-ethyl adjacent to an activating group) is 1. The second-order valence-electron chi connectivity index (χ2n) is 6.27. The molecule has 1 fully saturated rings. The number of hydrogen-bond acceptors (Lipinski definition) is 3. The van der Waals surface area contributed by atoms with E-state index in [1.54, 1.807) is 19.9 Å². The van der Waals surface area contributed by atoms with Gasteiger partial charge in [-0.1, -0.05) is 24.6 Å². The zero-order valence-electron chi connectivity index (χ0n) is 13.9. The Balaban J connectivity index is 2.06. The number of rotatable bonds is 4. The van der Waals surface area contributed by atoms with Gasteiger partial charge < -0.3 is 14.5 Å². The van der Waals surface area contributed by atoms with Crippen LogP contribution in [0.2, 0.25) is 5.02 Å². The molecule has 5 heteroatoms. The molecule has 0 atom stereocenters. The van der Waals surface area contributed by atoms with Gasteiger partial charge in [0.25, 0.3) is 5.91 Å². The van der Waals surface area contributed by atoms with Crippen LogP contribution in [0.25, 0.3) is 0 Å². The third-order valence-electron chi connectivity index (χ3n) is 4.07. The molecule has 0 spiro atoms. The monoisotopic (exact) mass is 324 g/mol. The number of carbonyl (C=O) groups excluding carboxylic acids is 1. The molecule has 1 aliphatic rings. The fraction of sp³-hybridized carbons (Fsp3) is 0.588. The predicted octanol–water partition coefficient (Wildman–Crippen LogP) is 2.97. The molecule has 0 bridgehead atoms. The molecule has 122 valence electrons. The summed E-state index contributed by atoms with van der Waals surface area (Å²) in [6.45, 7) is 12.1. The molecule has 1 saturated heterocycles. The maximum absolute atomic E-state index is 12.8. The zero-order chi connectivity index (χ0) is 16.3. The molecule has 1 heterocycles. The van der Waals surface area contributed by atoms with Crippen LogP contribution in [0.3, 0.4) is 0 Å². The molecule has 0 radical (unpaired) electrons. The number of piperazine rings is 1. The Morgan fingerprint density at radius 3 is 2.50 bits per heavy atom. The van der Waals surface area contributed by atoms with E-state index < -0.39 is 5.60 Å². The summed E-state index contributed by atoms with van der Waals surface area (Å²) in [6.07, 6.45) is 0. The summed E-state index contributed by atoms with van der Waals surface area (Å²) in [6, 6.07) is 5.59. The van der Waals surface area contributed by atoms with E-state index in [1.807, 2.05) is 24.0 Å². The van der Waals surface area contributed by atoms with Crippen LogP contribution in [-0.2, 0) is 4.79 Å². The van der Waals surface area contributed by atoms with Crippen molar-refractivity contribution in [2.45, 2.75) is 33.3 Å². The zero-order valence-corrected chi connectivity index (χ0v) is 14.6. The SMILES string of the molecule is CCN1CCN(C(=O)C(C)(C)Oc2cc(C)ccc2Cl)CC1. The molecule has 1 aromatic rings. The van der Waals surface area contributed by atoms with Gasteiger partial charge in [-0.15, -0.1) is 0 Å². The number of benzene rings is 1. The number of carbonyl (C=O) groups is 1. The van der Waals surface area contributed by atoms with Crippen LogP contribution in [-0.4, -0.2) is 54.0 Å². The Bertz CT molecular complexity index is 537. The number of nitrogens with zero attached hydrogens (tertiary/aromatic N) is 2. The van der Waals surface area contributed by atoms with Crippen molar-refractivity contribution in [2.75, 3.05) is 32.7 Å². The van der Waals surface area contributed by atoms with E-state index in [4.69, 9.17) is 16.3 Å². The summed E-state index contributed by atoms with van der Waals surface area (Å²) < 4.78 is 5.94. The Labute approximate surface area is 138 Å². The van der Waals surface area contributed by atoms with E-state index in [9.17, 15) is 4.79 Å². The number of amides is 1. The van der Waals surface area contributed by atoms with E-state index >= 15 is 0 Å². The van der Waals surface area contributed by atoms with Gasteiger partial charge in [0, 0.05) is 26.2 Å². The molecule has 0 aromatic heterocycles. The summed E-state index contributed by atoms with van der Waals surface area (Å²) in [5.74, 6) is 0.577. The molecule has 1 amide bonds. The van der Waals surface area contributed by atoms with Gasteiger partial charge in [-0.2, -0.15) is 0 Å². The van der Waals surface area contributed by atoms with Crippen molar-refractivity contribution in [3.63, 3.8) is 0 Å². The van der Waals surface area contributed by atoms with Crippen LogP contribution in [0, 0.1) is 6.92 Å². The Kier molecular flexibility index (Phi) is 5.35. The van der Waals surface area contributed by atoms with Crippen LogP contribution < -0.4 is 4.74 Å². The minimum Gasteiger partial charge on any atom is -0.476 e. The Morgan fingerprint density at radius 2 is 1.91 bits per heavy atom. The lowest BCUT2D eigenvalue weighted by Gasteiger charge is -2.38. The smallest absolute Gasteiger partial charge is 0.266 e. The number of hydrogen-bond donors (Lipinski definition) is 0. The van der Waals surface area contributed by atoms with Crippen molar-refractivity contribution < 1.29 is 9.53 Å². The van der Waals surface area contributed by atoms with Crippen molar-refractivity contribution >= 4 is 17.5 Å². The van der Waals surface area contributed by atoms with Gasteiger partial charge in [-0.05, 0) is 45.0 Å². The molecule has 4 nitrogen and oxygen atoms in total. The highest BCUT2D eigenvalue weighted by Crippen LogP contribution is 2.29. The van der Waals surface area contributed by atoms with Gasteiger partial charge in [-0.25, -0.2) is 0 Å². The lowest BCUT2D eigenvalue weighted by Crippen LogP contribution is -2.55. The van der Waals surface area contributed by atoms with E-state index in [2.05, 4.69) is 11.8 Å². The van der Waals surface area contributed by atoms with Gasteiger partial charge in [0.1, 0.15) is 5.75 Å². The predicted molar refractivity (Wildman–Crippen MR) is 89.6 cm³/mol. The first-order chi connectivity index (χ1) is 10.3. The molecule has 1 aliphatic heterocycles. The van der Waals surface area contributed by atoms with Crippen molar-refractivity contribution in [3.05, 3.63) is 28.8 Å². The van der Waals surface area contributed by atoms with Crippen LogP contribution in [0.15, 0.2) is 18.2 Å². The van der Waals surface area contributed by atoms with Crippen molar-refractivity contribution in [1.82, 2.24) is 9.80 Å². The first kappa shape index (κ1) is 17.1.